The molecule has 5 heterocycles. The van der Waals surface area contributed by atoms with Gasteiger partial charge >= 0.3 is 5.97 Å². The monoisotopic (exact) mass is 1550 g/mol. The second-order valence-corrected chi connectivity index (χ2v) is 29.3. The summed E-state index contributed by atoms with van der Waals surface area (Å²) in [5.41, 5.74) is 0. The highest BCUT2D eigenvalue weighted by Crippen LogP contribution is 2.41. The molecule has 0 radical (unpaired) electrons. The Bertz CT molecular complexity index is 2500. The second kappa shape index (κ2) is 49.9. The fraction of sp³-hybridized carbons (Fsp3) is 0.918. The van der Waals surface area contributed by atoms with Crippen molar-refractivity contribution < 1.29 is 153 Å². The molecule has 3 amide bonds. The number of unbranched alkanes of at least 4 members (excludes halogenated alkanes) is 25. The van der Waals surface area contributed by atoms with Gasteiger partial charge in [-0.3, -0.25) is 14.4 Å². The molecule has 5 aliphatic heterocycles. The first-order chi connectivity index (χ1) is 51.3. The Hall–Kier alpha value is -3.42. The first-order valence-corrected chi connectivity index (χ1v) is 39.1. The van der Waals surface area contributed by atoms with E-state index in [1.54, 1.807) is 6.08 Å². The van der Waals surface area contributed by atoms with E-state index in [1.807, 2.05) is 6.08 Å². The number of aliphatic hydroxyl groups excluding tert-OH is 16. The van der Waals surface area contributed by atoms with Crippen molar-refractivity contribution in [3.8, 4) is 0 Å². The maximum absolute atomic E-state index is 13.8. The van der Waals surface area contributed by atoms with Gasteiger partial charge in [-0.15, -0.1) is 0 Å². The van der Waals surface area contributed by atoms with E-state index in [-0.39, 0.29) is 12.3 Å². The van der Waals surface area contributed by atoms with Crippen LogP contribution in [0.2, 0.25) is 0 Å². The minimum atomic E-state index is -3.38. The quantitative estimate of drug-likeness (QED) is 0.0255. The van der Waals surface area contributed by atoms with E-state index < -0.39 is 235 Å². The molecule has 5 fully saturated rings. The number of rotatable bonds is 52. The molecule has 0 aliphatic carbocycles. The van der Waals surface area contributed by atoms with E-state index in [0.717, 1.165) is 71.6 Å². The van der Waals surface area contributed by atoms with Crippen molar-refractivity contribution in [1.82, 2.24) is 16.0 Å². The summed E-state index contributed by atoms with van der Waals surface area (Å²) >= 11 is 0. The number of carbonyl (C=O) groups is 4. The van der Waals surface area contributed by atoms with Gasteiger partial charge in [0.15, 0.2) is 25.2 Å². The molecule has 34 heteroatoms. The largest absolute Gasteiger partial charge is 0.477 e. The molecule has 0 bridgehead atoms. The lowest BCUT2D eigenvalue weighted by Crippen LogP contribution is -2.72. The summed E-state index contributed by atoms with van der Waals surface area (Å²) in [6.07, 6.45) is -16.8. The number of ether oxygens (including phenoxy) is 10. The van der Waals surface area contributed by atoms with Crippen molar-refractivity contribution in [2.75, 3.05) is 39.6 Å². The van der Waals surface area contributed by atoms with Crippen LogP contribution in [0.1, 0.15) is 214 Å². The van der Waals surface area contributed by atoms with Crippen LogP contribution in [0.4, 0.5) is 0 Å². The highest BCUT2D eigenvalue weighted by molar-refractivity contribution is 5.77. The lowest BCUT2D eigenvalue weighted by molar-refractivity contribution is -0.403. The first-order valence-electron chi connectivity index (χ1n) is 39.1. The van der Waals surface area contributed by atoms with Crippen molar-refractivity contribution in [2.24, 2.45) is 0 Å². The maximum atomic E-state index is 13.8. The summed E-state index contributed by atoms with van der Waals surface area (Å²) < 4.78 is 60.1. The van der Waals surface area contributed by atoms with Crippen LogP contribution in [0.5, 0.6) is 0 Å². The van der Waals surface area contributed by atoms with Crippen LogP contribution < -0.4 is 16.0 Å². The number of hydrogen-bond acceptors (Lipinski definition) is 30. The van der Waals surface area contributed by atoms with Gasteiger partial charge in [0.25, 0.3) is 5.79 Å². The van der Waals surface area contributed by atoms with E-state index in [1.165, 1.54) is 103 Å². The van der Waals surface area contributed by atoms with Crippen LogP contribution in [0.3, 0.4) is 0 Å². The highest BCUT2D eigenvalue weighted by Gasteiger charge is 2.62. The van der Waals surface area contributed by atoms with Gasteiger partial charge in [0.2, 0.25) is 17.7 Å². The van der Waals surface area contributed by atoms with E-state index in [0.29, 0.717) is 12.8 Å². The summed E-state index contributed by atoms with van der Waals surface area (Å²) in [7, 11) is 0. The Labute approximate surface area is 627 Å². The van der Waals surface area contributed by atoms with Crippen LogP contribution in [0, 0.1) is 0 Å². The Kier molecular flexibility index (Phi) is 44.0. The smallest absolute Gasteiger partial charge is 0.364 e. The molecule has 34 nitrogen and oxygen atoms in total. The molecule has 0 aromatic heterocycles. The highest BCUT2D eigenvalue weighted by atomic mass is 16.8. The Morgan fingerprint density at radius 1 is 0.486 bits per heavy atom. The van der Waals surface area contributed by atoms with Gasteiger partial charge in [-0.05, 0) is 19.3 Å². The number of carbonyl (C=O) groups excluding carboxylic acids is 3. The van der Waals surface area contributed by atoms with Crippen molar-refractivity contribution in [2.45, 2.75) is 385 Å². The Morgan fingerprint density at radius 2 is 0.925 bits per heavy atom. The zero-order chi connectivity index (χ0) is 78.8. The van der Waals surface area contributed by atoms with E-state index in [2.05, 4.69) is 29.8 Å². The molecular formula is C73H131N3O31. The molecule has 28 atom stereocenters. The van der Waals surface area contributed by atoms with Crippen molar-refractivity contribution in [1.29, 1.82) is 0 Å². The number of nitrogens with one attached hydrogen (secondary N) is 3. The molecule has 0 aromatic rings. The minimum absolute atomic E-state index is 0.135. The number of aliphatic hydroxyl groups is 16. The zero-order valence-electron chi connectivity index (χ0n) is 62.8. The van der Waals surface area contributed by atoms with Crippen LogP contribution in [-0.2, 0) is 66.5 Å². The molecule has 5 saturated heterocycles. The molecule has 0 spiro atoms. The van der Waals surface area contributed by atoms with Gasteiger partial charge < -0.3 is 150 Å². The molecule has 0 aromatic carbocycles. The average Bonchev–Trinajstić information content (AvgIpc) is 0.750. The molecule has 0 saturated carbocycles. The third-order valence-corrected chi connectivity index (χ3v) is 20.6. The first kappa shape index (κ1) is 94.2. The van der Waals surface area contributed by atoms with Crippen molar-refractivity contribution >= 4 is 23.7 Å². The Balaban J connectivity index is 1.40. The molecule has 5 rings (SSSR count). The number of hydrogen-bond donors (Lipinski definition) is 20. The van der Waals surface area contributed by atoms with E-state index in [9.17, 15) is 106 Å². The average molecular weight is 1550 g/mol. The summed E-state index contributed by atoms with van der Waals surface area (Å²) in [6, 6.07) is -4.81. The summed E-state index contributed by atoms with van der Waals surface area (Å²) in [6.45, 7) is 0.317. The van der Waals surface area contributed by atoms with Crippen LogP contribution in [0.15, 0.2) is 12.2 Å². The molecule has 20 N–H and O–H groups in total. The standard InChI is InChI=1S/C73H131N3O31/c1-5-7-9-11-13-15-17-19-20-22-24-26-28-30-32-34-52(87)76-44(45(84)33-31-29-27-25-23-21-18-16-14-12-10-8-6-2)41-98-69-61(94)59(92)63(50(39-80)101-69)103-71-62(95)67(107-73(72(96)97)35-46(85)53(74-42(3)82)66(106-73)55(88)47(86)36-77)64(51(40-81)102-71)104-68-54(75-43(4)83)65(57(90)49(38-79)99-68)105-70-60(93)58(91)56(89)48(37-78)100-70/h31,33,44-51,53-71,77-81,84-86,88-95H,5-30,32,34-41H2,1-4H3,(H,74,82)(H,75,83)(H,76,87)(H,96,97)/b33-31+/t44-,45+,46-,47+,48+,49+,50+,51+,53+,54+,55+,56-,57-,58-,59+,60+,61+,62+,63+,64-,65+,66+,67+,68-,69+,70-,71-,73-/m0/s1. The van der Waals surface area contributed by atoms with Crippen LogP contribution >= 0.6 is 0 Å². The van der Waals surface area contributed by atoms with Crippen molar-refractivity contribution in [3.05, 3.63) is 12.2 Å². The summed E-state index contributed by atoms with van der Waals surface area (Å²) in [5.74, 6) is -7.71. The molecular weight excluding hydrogens is 1410 g/mol. The predicted octanol–water partition coefficient (Wildman–Crippen LogP) is -1.04. The third kappa shape index (κ3) is 29.2. The third-order valence-electron chi connectivity index (χ3n) is 20.6. The van der Waals surface area contributed by atoms with E-state index in [4.69, 9.17) is 47.4 Å². The molecule has 0 unspecified atom stereocenters. The number of carboxylic acids is 1. The minimum Gasteiger partial charge on any atom is -0.477 e. The number of aliphatic carboxylic acids is 1. The van der Waals surface area contributed by atoms with Crippen molar-refractivity contribution in [3.63, 3.8) is 0 Å². The summed E-state index contributed by atoms with van der Waals surface area (Å²) in [4.78, 5) is 53.0. The SMILES string of the molecule is CCCCCCCCCCCCC/C=C/[C@@H](O)[C@H](CO[C@@H]1O[C@H](CO)[C@@H](O[C@@H]2O[C@H](CO)[C@H](O[C@@H]3O[C@H](CO)[C@H](O)[C@H](O[C@@H]4O[C@H](CO)[C@H](O)[C@H](O)[C@H]4O)[C@H]3NC(C)=O)[C@H](O[C@]3(C(=O)O)C[C@H](O)[C@@H](NC(C)=O)[C@H]([C@H](O)[C@H](O)CO)O3)[C@H]2O)[C@H](O)[C@H]1O)NC(=O)CCCCCCCCCCCCCCCCC. The topological polar surface area (TPSA) is 541 Å². The zero-order valence-corrected chi connectivity index (χ0v) is 62.8. The number of amides is 3. The fourth-order valence-corrected chi connectivity index (χ4v) is 14.3. The van der Waals surface area contributed by atoms with E-state index >= 15 is 0 Å². The van der Waals surface area contributed by atoms with Crippen LogP contribution in [0.25, 0.3) is 0 Å². The molecule has 107 heavy (non-hydrogen) atoms. The predicted molar refractivity (Wildman–Crippen MR) is 378 cm³/mol. The maximum Gasteiger partial charge on any atom is 0.364 e. The van der Waals surface area contributed by atoms with Crippen LogP contribution in [-0.4, -0.2) is 321 Å². The fourth-order valence-electron chi connectivity index (χ4n) is 14.3. The van der Waals surface area contributed by atoms with Gasteiger partial charge in [-0.1, -0.05) is 180 Å². The lowest BCUT2D eigenvalue weighted by Gasteiger charge is -2.52. The van der Waals surface area contributed by atoms with Gasteiger partial charge in [0.1, 0.15) is 116 Å². The summed E-state index contributed by atoms with van der Waals surface area (Å²) in [5, 5.41) is 197. The number of allylic oxidation sites excluding steroid dienone is 1. The molecule has 624 valence electrons. The van der Waals surface area contributed by atoms with Gasteiger partial charge in [0, 0.05) is 26.7 Å². The number of carboxylic acid groups (broad SMARTS) is 1. The Morgan fingerprint density at radius 3 is 1.44 bits per heavy atom. The second-order valence-electron chi connectivity index (χ2n) is 29.3. The normalized spacial score (nSPS) is 34.6. The van der Waals surface area contributed by atoms with Gasteiger partial charge in [-0.2, -0.15) is 0 Å². The lowest BCUT2D eigenvalue weighted by atomic mass is 9.88. The van der Waals surface area contributed by atoms with Gasteiger partial charge in [-0.25, -0.2) is 4.79 Å². The van der Waals surface area contributed by atoms with Gasteiger partial charge in [0.05, 0.1) is 63.9 Å². The molecule has 5 aliphatic rings.